The van der Waals surface area contributed by atoms with Crippen LogP contribution in [0.15, 0.2) is 18.2 Å². The molecule has 0 bridgehead atoms. The molecule has 0 aliphatic carbocycles. The lowest BCUT2D eigenvalue weighted by Gasteiger charge is -2.06. The molecule has 0 radical (unpaired) electrons. The molecule has 0 aliphatic heterocycles. The molecule has 0 aliphatic rings. The summed E-state index contributed by atoms with van der Waals surface area (Å²) in [5, 5.41) is 11.1. The van der Waals surface area contributed by atoms with Crippen molar-refractivity contribution in [2.24, 2.45) is 0 Å². The third kappa shape index (κ3) is 3.30. The van der Waals surface area contributed by atoms with Crippen molar-refractivity contribution in [3.8, 4) is 0 Å². The number of hydrogen-bond acceptors (Lipinski definition) is 5. The van der Waals surface area contributed by atoms with Gasteiger partial charge in [0.2, 0.25) is 0 Å². The minimum absolute atomic E-state index is 0.00292. The molecule has 2 rings (SSSR count). The number of ether oxygens (including phenoxy) is 1. The average Bonchev–Trinajstić information content (AvgIpc) is 2.84. The summed E-state index contributed by atoms with van der Waals surface area (Å²) in [6.07, 6.45) is 0.857. The molecule has 0 saturated heterocycles. The lowest BCUT2D eigenvalue weighted by Crippen LogP contribution is -2.11. The van der Waals surface area contributed by atoms with E-state index >= 15 is 0 Å². The first-order chi connectivity index (χ1) is 9.61. The molecule has 2 aromatic rings. The molecule has 1 aromatic heterocycles. The molecule has 1 aromatic carbocycles. The summed E-state index contributed by atoms with van der Waals surface area (Å²) < 4.78 is 19.5. The third-order valence-corrected chi connectivity index (χ3v) is 2.84. The first kappa shape index (κ1) is 14.4. The zero-order valence-electron chi connectivity index (χ0n) is 10.7. The molecule has 0 N–H and O–H groups in total. The van der Waals surface area contributed by atoms with Crippen LogP contribution in [0, 0.1) is 5.82 Å². The molecular formula is C12H12ClFN4O2. The van der Waals surface area contributed by atoms with Crippen molar-refractivity contribution in [2.45, 2.75) is 26.5 Å². The number of aryl methyl sites for hydroxylation is 1. The first-order valence-electron chi connectivity index (χ1n) is 5.99. The smallest absolute Gasteiger partial charge is 0.340 e. The third-order valence-electron chi connectivity index (χ3n) is 2.52. The topological polar surface area (TPSA) is 69.9 Å². The molecular weight excluding hydrogens is 287 g/mol. The Hall–Kier alpha value is -2.02. The maximum absolute atomic E-state index is 12.9. The van der Waals surface area contributed by atoms with E-state index in [2.05, 4.69) is 15.5 Å². The minimum Gasteiger partial charge on any atom is -0.454 e. The fraction of sp³-hybridized carbons (Fsp3) is 0.333. The highest BCUT2D eigenvalue weighted by molar-refractivity contribution is 6.33. The van der Waals surface area contributed by atoms with Gasteiger partial charge in [-0.2, -0.15) is 0 Å². The summed E-state index contributed by atoms with van der Waals surface area (Å²) >= 11 is 5.78. The standard InChI is InChI=1S/C12H12ClFN4O2/c1-2-5-18-11(15-16-17-18)7-20-12(19)9-4-3-8(14)6-10(9)13/h3-4,6H,2,5,7H2,1H3. The predicted octanol–water partition coefficient (Wildman–Crippen LogP) is 2.23. The number of tetrazole rings is 1. The molecule has 0 fully saturated rings. The Morgan fingerprint density at radius 1 is 1.50 bits per heavy atom. The summed E-state index contributed by atoms with van der Waals surface area (Å²) in [6, 6.07) is 3.47. The molecule has 0 unspecified atom stereocenters. The zero-order chi connectivity index (χ0) is 14.5. The highest BCUT2D eigenvalue weighted by Crippen LogP contribution is 2.18. The number of nitrogens with zero attached hydrogens (tertiary/aromatic N) is 4. The Morgan fingerprint density at radius 3 is 3.00 bits per heavy atom. The summed E-state index contributed by atoms with van der Waals surface area (Å²) in [6.45, 7) is 2.55. The Labute approximate surface area is 119 Å². The quantitative estimate of drug-likeness (QED) is 0.792. The molecule has 106 valence electrons. The monoisotopic (exact) mass is 298 g/mol. The van der Waals surface area contributed by atoms with Crippen LogP contribution in [-0.4, -0.2) is 26.2 Å². The van der Waals surface area contributed by atoms with Gasteiger partial charge in [-0.1, -0.05) is 18.5 Å². The number of carbonyl (C=O) groups excluding carboxylic acids is 1. The molecule has 0 spiro atoms. The van der Waals surface area contributed by atoms with E-state index < -0.39 is 11.8 Å². The Morgan fingerprint density at radius 2 is 2.30 bits per heavy atom. The van der Waals surface area contributed by atoms with Crippen molar-refractivity contribution in [2.75, 3.05) is 0 Å². The summed E-state index contributed by atoms with van der Waals surface area (Å²) in [5.41, 5.74) is 0.0996. The normalized spacial score (nSPS) is 10.6. The summed E-state index contributed by atoms with van der Waals surface area (Å²) in [7, 11) is 0. The van der Waals surface area contributed by atoms with Crippen molar-refractivity contribution in [3.05, 3.63) is 40.4 Å². The van der Waals surface area contributed by atoms with Gasteiger partial charge in [0.05, 0.1) is 10.6 Å². The van der Waals surface area contributed by atoms with Crippen LogP contribution < -0.4 is 0 Å². The lowest BCUT2D eigenvalue weighted by atomic mass is 10.2. The number of hydrogen-bond donors (Lipinski definition) is 0. The highest BCUT2D eigenvalue weighted by atomic mass is 35.5. The number of halogens is 2. The Bertz CT molecular complexity index is 617. The van der Waals surface area contributed by atoms with Gasteiger partial charge in [-0.05, 0) is 35.0 Å². The molecule has 20 heavy (non-hydrogen) atoms. The van der Waals surface area contributed by atoms with Gasteiger partial charge in [-0.3, -0.25) is 0 Å². The second-order valence-electron chi connectivity index (χ2n) is 4.02. The molecule has 0 saturated carbocycles. The van der Waals surface area contributed by atoms with Crippen molar-refractivity contribution in [1.29, 1.82) is 0 Å². The Kier molecular flexibility index (Phi) is 4.62. The van der Waals surface area contributed by atoms with Crippen LogP contribution in [0.4, 0.5) is 4.39 Å². The Balaban J connectivity index is 2.03. The van der Waals surface area contributed by atoms with Crippen molar-refractivity contribution >= 4 is 17.6 Å². The van der Waals surface area contributed by atoms with Gasteiger partial charge in [0.25, 0.3) is 0 Å². The number of rotatable bonds is 5. The van der Waals surface area contributed by atoms with Crippen molar-refractivity contribution in [3.63, 3.8) is 0 Å². The van der Waals surface area contributed by atoms with E-state index in [-0.39, 0.29) is 17.2 Å². The number of carbonyl (C=O) groups is 1. The molecule has 0 atom stereocenters. The second kappa shape index (κ2) is 6.42. The predicted molar refractivity (Wildman–Crippen MR) is 68.6 cm³/mol. The van der Waals surface area contributed by atoms with Crippen molar-refractivity contribution < 1.29 is 13.9 Å². The van der Waals surface area contributed by atoms with Crippen LogP contribution >= 0.6 is 11.6 Å². The number of aromatic nitrogens is 4. The molecule has 1 heterocycles. The van der Waals surface area contributed by atoms with E-state index in [0.29, 0.717) is 12.4 Å². The fourth-order valence-electron chi connectivity index (χ4n) is 1.57. The van der Waals surface area contributed by atoms with Gasteiger partial charge in [-0.25, -0.2) is 13.9 Å². The van der Waals surface area contributed by atoms with Gasteiger partial charge in [0.1, 0.15) is 5.82 Å². The van der Waals surface area contributed by atoms with Crippen LogP contribution in [0.3, 0.4) is 0 Å². The average molecular weight is 299 g/mol. The molecule has 0 amide bonds. The van der Waals surface area contributed by atoms with E-state index in [1.165, 1.54) is 6.07 Å². The lowest BCUT2D eigenvalue weighted by molar-refractivity contribution is 0.0456. The van der Waals surface area contributed by atoms with Crippen molar-refractivity contribution in [1.82, 2.24) is 20.2 Å². The minimum atomic E-state index is -0.652. The maximum Gasteiger partial charge on any atom is 0.340 e. The van der Waals surface area contributed by atoms with Crippen LogP contribution in [-0.2, 0) is 17.9 Å². The van der Waals surface area contributed by atoms with Crippen LogP contribution in [0.2, 0.25) is 5.02 Å². The molecule has 6 nitrogen and oxygen atoms in total. The van der Waals surface area contributed by atoms with Crippen LogP contribution in [0.5, 0.6) is 0 Å². The fourth-order valence-corrected chi connectivity index (χ4v) is 1.82. The largest absolute Gasteiger partial charge is 0.454 e. The summed E-state index contributed by atoms with van der Waals surface area (Å²) in [5.74, 6) is -0.724. The van der Waals surface area contributed by atoms with E-state index in [0.717, 1.165) is 18.6 Å². The van der Waals surface area contributed by atoms with Gasteiger partial charge >= 0.3 is 5.97 Å². The van der Waals surface area contributed by atoms with E-state index in [1.54, 1.807) is 4.68 Å². The van der Waals surface area contributed by atoms with Gasteiger partial charge in [0, 0.05) is 6.54 Å². The first-order valence-corrected chi connectivity index (χ1v) is 6.36. The second-order valence-corrected chi connectivity index (χ2v) is 4.43. The van der Waals surface area contributed by atoms with Gasteiger partial charge in [0.15, 0.2) is 12.4 Å². The van der Waals surface area contributed by atoms with E-state index in [1.807, 2.05) is 6.92 Å². The van der Waals surface area contributed by atoms with Gasteiger partial charge < -0.3 is 4.74 Å². The van der Waals surface area contributed by atoms with E-state index in [4.69, 9.17) is 16.3 Å². The SMILES string of the molecule is CCCn1nnnc1COC(=O)c1ccc(F)cc1Cl. The number of esters is 1. The zero-order valence-corrected chi connectivity index (χ0v) is 11.5. The summed E-state index contributed by atoms with van der Waals surface area (Å²) in [4.78, 5) is 11.8. The number of benzene rings is 1. The van der Waals surface area contributed by atoms with Crippen LogP contribution in [0.25, 0.3) is 0 Å². The maximum atomic E-state index is 12.9. The van der Waals surface area contributed by atoms with E-state index in [9.17, 15) is 9.18 Å². The molecule has 8 heteroatoms. The highest BCUT2D eigenvalue weighted by Gasteiger charge is 2.14. The van der Waals surface area contributed by atoms with Crippen LogP contribution in [0.1, 0.15) is 29.5 Å². The van der Waals surface area contributed by atoms with Gasteiger partial charge in [-0.15, -0.1) is 5.10 Å².